The standard InChI is InChI=1S/C12H23NO2/c1-3-13(4-2)11-7-5-6-10(8-9-11)12(14)15/h10-11H,3-9H2,1-2H3,(H,14,15). The van der Waals surface area contributed by atoms with Gasteiger partial charge in [-0.2, -0.15) is 0 Å². The molecule has 15 heavy (non-hydrogen) atoms. The van der Waals surface area contributed by atoms with E-state index in [4.69, 9.17) is 5.11 Å². The molecule has 0 aromatic heterocycles. The summed E-state index contributed by atoms with van der Waals surface area (Å²) in [6.07, 6.45) is 5.02. The number of carboxylic acids is 1. The third-order valence-electron chi connectivity index (χ3n) is 3.62. The molecule has 0 amide bonds. The monoisotopic (exact) mass is 213 g/mol. The minimum atomic E-state index is -0.602. The molecule has 1 rings (SSSR count). The van der Waals surface area contributed by atoms with E-state index in [1.54, 1.807) is 0 Å². The average Bonchev–Trinajstić information content (AvgIpc) is 2.45. The largest absolute Gasteiger partial charge is 0.481 e. The van der Waals surface area contributed by atoms with E-state index in [1.807, 2.05) is 0 Å². The van der Waals surface area contributed by atoms with Gasteiger partial charge in [0.25, 0.3) is 0 Å². The molecule has 1 aliphatic carbocycles. The molecule has 0 heterocycles. The van der Waals surface area contributed by atoms with Gasteiger partial charge in [0.15, 0.2) is 0 Å². The minimum Gasteiger partial charge on any atom is -0.481 e. The number of carbonyl (C=O) groups is 1. The number of carboxylic acid groups (broad SMARTS) is 1. The summed E-state index contributed by atoms with van der Waals surface area (Å²) in [6, 6.07) is 0.615. The molecule has 0 bridgehead atoms. The van der Waals surface area contributed by atoms with Crippen molar-refractivity contribution in [1.29, 1.82) is 0 Å². The highest BCUT2D eigenvalue weighted by atomic mass is 16.4. The summed E-state index contributed by atoms with van der Waals surface area (Å²) >= 11 is 0. The normalized spacial score (nSPS) is 27.7. The fourth-order valence-electron chi connectivity index (χ4n) is 2.63. The Kier molecular flexibility index (Phi) is 5.09. The minimum absolute atomic E-state index is 0.0921. The van der Waals surface area contributed by atoms with E-state index in [9.17, 15) is 4.79 Å². The van der Waals surface area contributed by atoms with Crippen LogP contribution in [0.15, 0.2) is 0 Å². The van der Waals surface area contributed by atoms with Crippen molar-refractivity contribution in [3.05, 3.63) is 0 Å². The van der Waals surface area contributed by atoms with Gasteiger partial charge >= 0.3 is 5.97 Å². The van der Waals surface area contributed by atoms with Crippen LogP contribution in [-0.4, -0.2) is 35.1 Å². The molecule has 0 saturated heterocycles. The zero-order valence-electron chi connectivity index (χ0n) is 9.91. The zero-order valence-corrected chi connectivity index (χ0v) is 9.91. The lowest BCUT2D eigenvalue weighted by Crippen LogP contribution is -2.34. The van der Waals surface area contributed by atoms with Gasteiger partial charge in [0.2, 0.25) is 0 Å². The van der Waals surface area contributed by atoms with Crippen molar-refractivity contribution in [2.45, 2.75) is 52.0 Å². The van der Waals surface area contributed by atoms with Crippen LogP contribution in [0.1, 0.15) is 46.0 Å². The lowest BCUT2D eigenvalue weighted by atomic mass is 10.0. The Morgan fingerprint density at radius 1 is 1.20 bits per heavy atom. The Labute approximate surface area is 92.5 Å². The van der Waals surface area contributed by atoms with Crippen molar-refractivity contribution in [2.24, 2.45) is 5.92 Å². The van der Waals surface area contributed by atoms with Gasteiger partial charge in [0, 0.05) is 6.04 Å². The molecular weight excluding hydrogens is 190 g/mol. The third kappa shape index (κ3) is 3.49. The first-order valence-electron chi connectivity index (χ1n) is 6.15. The lowest BCUT2D eigenvalue weighted by molar-refractivity contribution is -0.142. The van der Waals surface area contributed by atoms with Crippen LogP contribution in [0.25, 0.3) is 0 Å². The maximum atomic E-state index is 10.9. The lowest BCUT2D eigenvalue weighted by Gasteiger charge is -2.28. The van der Waals surface area contributed by atoms with Crippen LogP contribution in [-0.2, 0) is 4.79 Å². The number of nitrogens with zero attached hydrogens (tertiary/aromatic N) is 1. The second-order valence-corrected chi connectivity index (χ2v) is 4.42. The topological polar surface area (TPSA) is 40.5 Å². The second kappa shape index (κ2) is 6.11. The first-order valence-corrected chi connectivity index (χ1v) is 6.15. The van der Waals surface area contributed by atoms with Crippen LogP contribution in [0, 0.1) is 5.92 Å². The Morgan fingerprint density at radius 3 is 2.40 bits per heavy atom. The summed E-state index contributed by atoms with van der Waals surface area (Å²) in [5.74, 6) is -0.694. The Balaban J connectivity index is 2.48. The van der Waals surface area contributed by atoms with Gasteiger partial charge in [-0.15, -0.1) is 0 Å². The van der Waals surface area contributed by atoms with Crippen LogP contribution in [0.4, 0.5) is 0 Å². The smallest absolute Gasteiger partial charge is 0.306 e. The quantitative estimate of drug-likeness (QED) is 0.729. The van der Waals surface area contributed by atoms with Gasteiger partial charge in [-0.05, 0) is 38.8 Å². The molecule has 0 aliphatic heterocycles. The fraction of sp³-hybridized carbons (Fsp3) is 0.917. The van der Waals surface area contributed by atoms with Crippen molar-refractivity contribution >= 4 is 5.97 Å². The molecule has 0 spiro atoms. The molecule has 2 atom stereocenters. The first-order chi connectivity index (χ1) is 7.19. The van der Waals surface area contributed by atoms with Crippen molar-refractivity contribution in [2.75, 3.05) is 13.1 Å². The fourth-order valence-corrected chi connectivity index (χ4v) is 2.63. The van der Waals surface area contributed by atoms with E-state index >= 15 is 0 Å². The molecule has 88 valence electrons. The summed E-state index contributed by atoms with van der Waals surface area (Å²) in [6.45, 7) is 6.53. The summed E-state index contributed by atoms with van der Waals surface area (Å²) < 4.78 is 0. The Morgan fingerprint density at radius 2 is 1.87 bits per heavy atom. The van der Waals surface area contributed by atoms with Gasteiger partial charge in [-0.1, -0.05) is 20.3 Å². The van der Waals surface area contributed by atoms with E-state index in [0.717, 1.165) is 38.8 Å². The zero-order chi connectivity index (χ0) is 11.3. The predicted molar refractivity (Wildman–Crippen MR) is 60.9 cm³/mol. The Hall–Kier alpha value is -0.570. The van der Waals surface area contributed by atoms with Crippen molar-refractivity contribution in [1.82, 2.24) is 4.90 Å². The summed E-state index contributed by atoms with van der Waals surface area (Å²) in [5.41, 5.74) is 0. The molecule has 2 unspecified atom stereocenters. The highest BCUT2D eigenvalue weighted by Gasteiger charge is 2.25. The summed E-state index contributed by atoms with van der Waals surface area (Å²) in [7, 11) is 0. The van der Waals surface area contributed by atoms with Gasteiger partial charge in [0.05, 0.1) is 5.92 Å². The number of aliphatic carboxylic acids is 1. The van der Waals surface area contributed by atoms with E-state index in [-0.39, 0.29) is 5.92 Å². The molecule has 1 N–H and O–H groups in total. The average molecular weight is 213 g/mol. The highest BCUT2D eigenvalue weighted by molar-refractivity contribution is 5.69. The second-order valence-electron chi connectivity index (χ2n) is 4.42. The maximum absolute atomic E-state index is 10.9. The van der Waals surface area contributed by atoms with Gasteiger partial charge in [-0.25, -0.2) is 0 Å². The van der Waals surface area contributed by atoms with Crippen LogP contribution >= 0.6 is 0 Å². The molecule has 1 aliphatic rings. The number of hydrogen-bond acceptors (Lipinski definition) is 2. The van der Waals surface area contributed by atoms with E-state index in [0.29, 0.717) is 6.04 Å². The predicted octanol–water partition coefficient (Wildman–Crippen LogP) is 2.36. The van der Waals surface area contributed by atoms with Gasteiger partial charge in [-0.3, -0.25) is 4.79 Å². The molecule has 1 saturated carbocycles. The van der Waals surface area contributed by atoms with Crippen LogP contribution in [0.5, 0.6) is 0 Å². The molecule has 0 aromatic carbocycles. The third-order valence-corrected chi connectivity index (χ3v) is 3.62. The summed E-state index contributed by atoms with van der Waals surface area (Å²) in [4.78, 5) is 13.4. The SMILES string of the molecule is CCN(CC)C1CCCC(C(=O)O)CC1. The van der Waals surface area contributed by atoms with Gasteiger partial charge in [0.1, 0.15) is 0 Å². The molecule has 1 fully saturated rings. The molecular formula is C12H23NO2. The van der Waals surface area contributed by atoms with Crippen LogP contribution in [0.2, 0.25) is 0 Å². The molecule has 3 nitrogen and oxygen atoms in total. The van der Waals surface area contributed by atoms with Crippen molar-refractivity contribution < 1.29 is 9.90 Å². The van der Waals surface area contributed by atoms with E-state index in [2.05, 4.69) is 18.7 Å². The maximum Gasteiger partial charge on any atom is 0.306 e. The van der Waals surface area contributed by atoms with Crippen molar-refractivity contribution in [3.63, 3.8) is 0 Å². The number of hydrogen-bond donors (Lipinski definition) is 1. The summed E-state index contributed by atoms with van der Waals surface area (Å²) in [5, 5.41) is 8.99. The molecule has 0 radical (unpaired) electrons. The van der Waals surface area contributed by atoms with E-state index in [1.165, 1.54) is 6.42 Å². The highest BCUT2D eigenvalue weighted by Crippen LogP contribution is 2.26. The molecule has 3 heteroatoms. The van der Waals surface area contributed by atoms with E-state index < -0.39 is 5.97 Å². The van der Waals surface area contributed by atoms with Crippen LogP contribution < -0.4 is 0 Å². The van der Waals surface area contributed by atoms with Crippen molar-refractivity contribution in [3.8, 4) is 0 Å². The van der Waals surface area contributed by atoms with Gasteiger partial charge < -0.3 is 10.0 Å². The Bertz CT molecular complexity index is 202. The number of rotatable bonds is 4. The first kappa shape index (κ1) is 12.5. The van der Waals surface area contributed by atoms with Crippen LogP contribution in [0.3, 0.4) is 0 Å². The molecule has 0 aromatic rings.